The standard InChI is InChI=1S/C12H19F3N2O/c13-12(14,15)10-5-1-2-7-17(10)11(18)9-4-3-6-16-8-9/h9-10,16H,1-8H2. The first kappa shape index (κ1) is 13.6. The number of piperidine rings is 2. The highest BCUT2D eigenvalue weighted by Gasteiger charge is 2.47. The van der Waals surface area contributed by atoms with Gasteiger partial charge < -0.3 is 10.2 Å². The molecule has 2 atom stereocenters. The third-order valence-corrected chi connectivity index (χ3v) is 3.81. The Bertz CT molecular complexity index is 300. The Kier molecular flexibility index (Phi) is 4.14. The molecule has 0 aliphatic carbocycles. The predicted molar refractivity (Wildman–Crippen MR) is 61.0 cm³/mol. The first-order valence-corrected chi connectivity index (χ1v) is 6.58. The van der Waals surface area contributed by atoms with Crippen molar-refractivity contribution in [3.05, 3.63) is 0 Å². The second-order valence-electron chi connectivity index (χ2n) is 5.13. The molecule has 2 aliphatic rings. The normalized spacial score (nSPS) is 30.3. The van der Waals surface area contributed by atoms with Gasteiger partial charge in [0.1, 0.15) is 6.04 Å². The van der Waals surface area contributed by atoms with Gasteiger partial charge in [0.25, 0.3) is 0 Å². The van der Waals surface area contributed by atoms with Crippen molar-refractivity contribution in [3.63, 3.8) is 0 Å². The fourth-order valence-corrected chi connectivity index (χ4v) is 2.83. The number of hydrogen-bond acceptors (Lipinski definition) is 2. The fourth-order valence-electron chi connectivity index (χ4n) is 2.83. The second-order valence-corrected chi connectivity index (χ2v) is 5.13. The van der Waals surface area contributed by atoms with Gasteiger partial charge in [-0.3, -0.25) is 4.79 Å². The average molecular weight is 264 g/mol. The van der Waals surface area contributed by atoms with Crippen LogP contribution in [0.1, 0.15) is 32.1 Å². The molecular formula is C12H19F3N2O. The number of hydrogen-bond donors (Lipinski definition) is 1. The van der Waals surface area contributed by atoms with Crippen LogP contribution >= 0.6 is 0 Å². The molecular weight excluding hydrogens is 245 g/mol. The molecule has 2 saturated heterocycles. The number of likely N-dealkylation sites (tertiary alicyclic amines) is 1. The van der Waals surface area contributed by atoms with Crippen molar-refractivity contribution in [2.75, 3.05) is 19.6 Å². The molecule has 0 aromatic carbocycles. The Labute approximate surface area is 105 Å². The summed E-state index contributed by atoms with van der Waals surface area (Å²) in [7, 11) is 0. The van der Waals surface area contributed by atoms with E-state index in [4.69, 9.17) is 0 Å². The summed E-state index contributed by atoms with van der Waals surface area (Å²) >= 11 is 0. The average Bonchev–Trinajstić information content (AvgIpc) is 2.38. The van der Waals surface area contributed by atoms with Crippen LogP contribution in [0.2, 0.25) is 0 Å². The van der Waals surface area contributed by atoms with E-state index in [9.17, 15) is 18.0 Å². The van der Waals surface area contributed by atoms with E-state index in [0.29, 0.717) is 25.8 Å². The second kappa shape index (κ2) is 5.47. The van der Waals surface area contributed by atoms with E-state index >= 15 is 0 Å². The summed E-state index contributed by atoms with van der Waals surface area (Å²) in [6.07, 6.45) is -1.45. The highest BCUT2D eigenvalue weighted by Crippen LogP contribution is 2.33. The van der Waals surface area contributed by atoms with Crippen molar-refractivity contribution in [1.29, 1.82) is 0 Å². The highest BCUT2D eigenvalue weighted by atomic mass is 19.4. The van der Waals surface area contributed by atoms with Crippen molar-refractivity contribution >= 4 is 5.91 Å². The molecule has 0 aromatic rings. The lowest BCUT2D eigenvalue weighted by molar-refractivity contribution is -0.197. The van der Waals surface area contributed by atoms with Crippen molar-refractivity contribution < 1.29 is 18.0 Å². The molecule has 1 amide bonds. The summed E-state index contributed by atoms with van der Waals surface area (Å²) in [6, 6.07) is -1.57. The maximum absolute atomic E-state index is 12.9. The lowest BCUT2D eigenvalue weighted by Crippen LogP contribution is -2.54. The van der Waals surface area contributed by atoms with Gasteiger partial charge in [0.05, 0.1) is 5.92 Å². The molecule has 0 saturated carbocycles. The molecule has 0 spiro atoms. The van der Waals surface area contributed by atoms with Crippen molar-refractivity contribution in [2.45, 2.75) is 44.3 Å². The van der Waals surface area contributed by atoms with Gasteiger partial charge >= 0.3 is 6.18 Å². The Balaban J connectivity index is 2.05. The fraction of sp³-hybridized carbons (Fsp3) is 0.917. The monoisotopic (exact) mass is 264 g/mol. The lowest BCUT2D eigenvalue weighted by atomic mass is 9.94. The zero-order chi connectivity index (χ0) is 13.2. The summed E-state index contributed by atoms with van der Waals surface area (Å²) < 4.78 is 38.7. The smallest absolute Gasteiger partial charge is 0.330 e. The van der Waals surface area contributed by atoms with Gasteiger partial charge in [-0.2, -0.15) is 13.2 Å². The zero-order valence-corrected chi connectivity index (χ0v) is 10.3. The number of rotatable bonds is 1. The zero-order valence-electron chi connectivity index (χ0n) is 10.3. The van der Waals surface area contributed by atoms with Gasteiger partial charge in [0.2, 0.25) is 5.91 Å². The van der Waals surface area contributed by atoms with E-state index in [0.717, 1.165) is 17.9 Å². The number of carbonyl (C=O) groups is 1. The van der Waals surface area contributed by atoms with Crippen LogP contribution in [0.4, 0.5) is 13.2 Å². The maximum atomic E-state index is 12.9. The van der Waals surface area contributed by atoms with Gasteiger partial charge in [-0.25, -0.2) is 0 Å². The molecule has 2 aliphatic heterocycles. The van der Waals surface area contributed by atoms with Gasteiger partial charge in [0.15, 0.2) is 0 Å². The largest absolute Gasteiger partial charge is 0.408 e. The summed E-state index contributed by atoms with van der Waals surface area (Å²) in [4.78, 5) is 13.3. The van der Waals surface area contributed by atoms with Gasteiger partial charge in [0, 0.05) is 13.1 Å². The first-order chi connectivity index (χ1) is 8.50. The molecule has 2 heterocycles. The van der Waals surface area contributed by atoms with E-state index in [1.165, 1.54) is 0 Å². The van der Waals surface area contributed by atoms with Crippen LogP contribution in [0.3, 0.4) is 0 Å². The van der Waals surface area contributed by atoms with Gasteiger partial charge in [-0.05, 0) is 38.6 Å². The molecule has 2 rings (SSSR count). The summed E-state index contributed by atoms with van der Waals surface area (Å²) in [6.45, 7) is 1.62. The summed E-state index contributed by atoms with van der Waals surface area (Å²) in [5.41, 5.74) is 0. The van der Waals surface area contributed by atoms with E-state index in [1.54, 1.807) is 0 Å². The van der Waals surface area contributed by atoms with Crippen LogP contribution < -0.4 is 5.32 Å². The van der Waals surface area contributed by atoms with Crippen LogP contribution in [0.5, 0.6) is 0 Å². The van der Waals surface area contributed by atoms with Gasteiger partial charge in [-0.1, -0.05) is 0 Å². The van der Waals surface area contributed by atoms with Crippen molar-refractivity contribution in [2.24, 2.45) is 5.92 Å². The molecule has 3 nitrogen and oxygen atoms in total. The van der Waals surface area contributed by atoms with Crippen LogP contribution in [-0.2, 0) is 4.79 Å². The Morgan fingerprint density at radius 1 is 1.17 bits per heavy atom. The molecule has 104 valence electrons. The third kappa shape index (κ3) is 2.96. The van der Waals surface area contributed by atoms with E-state index in [-0.39, 0.29) is 24.8 Å². The minimum atomic E-state index is -4.29. The first-order valence-electron chi connectivity index (χ1n) is 6.58. The number of alkyl halides is 3. The molecule has 2 unspecified atom stereocenters. The van der Waals surface area contributed by atoms with Crippen molar-refractivity contribution in [1.82, 2.24) is 10.2 Å². The van der Waals surface area contributed by atoms with Crippen LogP contribution in [0, 0.1) is 5.92 Å². The highest BCUT2D eigenvalue weighted by molar-refractivity contribution is 5.79. The molecule has 18 heavy (non-hydrogen) atoms. The minimum absolute atomic E-state index is 0.0510. The van der Waals surface area contributed by atoms with Crippen LogP contribution in [0.25, 0.3) is 0 Å². The Hall–Kier alpha value is -0.780. The van der Waals surface area contributed by atoms with E-state index < -0.39 is 12.2 Å². The third-order valence-electron chi connectivity index (χ3n) is 3.81. The van der Waals surface area contributed by atoms with E-state index in [2.05, 4.69) is 5.32 Å². The molecule has 0 aromatic heterocycles. The number of halogens is 3. The number of carbonyl (C=O) groups excluding carboxylic acids is 1. The number of nitrogens with one attached hydrogen (secondary N) is 1. The summed E-state index contributed by atoms with van der Waals surface area (Å²) in [5.74, 6) is -0.592. The lowest BCUT2D eigenvalue weighted by Gasteiger charge is -2.39. The van der Waals surface area contributed by atoms with Gasteiger partial charge in [-0.15, -0.1) is 0 Å². The number of amides is 1. The Morgan fingerprint density at radius 3 is 2.56 bits per heavy atom. The van der Waals surface area contributed by atoms with Crippen LogP contribution in [-0.4, -0.2) is 42.7 Å². The summed E-state index contributed by atoms with van der Waals surface area (Å²) in [5, 5.41) is 3.08. The molecule has 1 N–H and O–H groups in total. The SMILES string of the molecule is O=C(C1CCCNC1)N1CCCCC1C(F)(F)F. The molecule has 2 fully saturated rings. The predicted octanol–water partition coefficient (Wildman–Crippen LogP) is 1.93. The molecule has 0 bridgehead atoms. The quantitative estimate of drug-likeness (QED) is 0.785. The van der Waals surface area contributed by atoms with Crippen molar-refractivity contribution in [3.8, 4) is 0 Å². The molecule has 6 heteroatoms. The number of nitrogens with zero attached hydrogens (tertiary/aromatic N) is 1. The topological polar surface area (TPSA) is 32.3 Å². The Morgan fingerprint density at radius 2 is 1.94 bits per heavy atom. The minimum Gasteiger partial charge on any atom is -0.330 e. The maximum Gasteiger partial charge on any atom is 0.408 e. The molecule has 0 radical (unpaired) electrons. The van der Waals surface area contributed by atoms with Crippen LogP contribution in [0.15, 0.2) is 0 Å². The van der Waals surface area contributed by atoms with E-state index in [1.807, 2.05) is 0 Å².